The zero-order valence-corrected chi connectivity index (χ0v) is 15.7. The second-order valence-corrected chi connectivity index (χ2v) is 8.84. The lowest BCUT2D eigenvalue weighted by molar-refractivity contribution is -0.116. The Kier molecular flexibility index (Phi) is 4.78. The number of carbonyl (C=O) groups excluding carboxylic acids is 2. The molecule has 0 spiro atoms. The van der Waals surface area contributed by atoms with E-state index < -0.39 is 21.2 Å². The number of nitrogen functional groups attached to an aromatic ring is 1. The fourth-order valence-electron chi connectivity index (χ4n) is 2.55. The van der Waals surface area contributed by atoms with Gasteiger partial charge >= 0.3 is 0 Å². The molecule has 9 nitrogen and oxygen atoms in total. The third kappa shape index (κ3) is 3.20. The number of aryl methyl sites for hydroxylation is 1. The molecule has 1 unspecified atom stereocenters. The number of rotatable bonds is 4. The number of hydrazine groups is 1. The summed E-state index contributed by atoms with van der Waals surface area (Å²) in [6, 6.07) is 4.59. The number of Topliss-reactive ketones (excluding diaryl/α,β-unsaturated/α-hetero) is 1. The normalized spacial score (nSPS) is 16.9. The predicted octanol–water partition coefficient (Wildman–Crippen LogP) is 0.282. The molecule has 26 heavy (non-hydrogen) atoms. The summed E-state index contributed by atoms with van der Waals surface area (Å²) in [5.41, 5.74) is 2.56. The second-order valence-electron chi connectivity index (χ2n) is 5.79. The van der Waals surface area contributed by atoms with Crippen molar-refractivity contribution in [1.82, 2.24) is 15.0 Å². The Hall–Kier alpha value is -2.37. The van der Waals surface area contributed by atoms with Crippen molar-refractivity contribution in [3.05, 3.63) is 36.3 Å². The number of benzene rings is 1. The van der Waals surface area contributed by atoms with Crippen LogP contribution in [-0.4, -0.2) is 41.5 Å². The molecule has 0 radical (unpaired) electrons. The first kappa shape index (κ1) is 18.4. The molecule has 1 aliphatic heterocycles. The Balaban J connectivity index is 2.14. The Morgan fingerprint density at radius 2 is 2.12 bits per heavy atom. The average molecular weight is 395 g/mol. The van der Waals surface area contributed by atoms with Crippen molar-refractivity contribution in [2.75, 3.05) is 10.8 Å². The molecule has 0 saturated carbocycles. The van der Waals surface area contributed by atoms with Crippen LogP contribution in [0.3, 0.4) is 0 Å². The zero-order valence-electron chi connectivity index (χ0n) is 14.0. The fourth-order valence-corrected chi connectivity index (χ4v) is 5.30. The smallest absolute Gasteiger partial charge is 0.283 e. The summed E-state index contributed by atoms with van der Waals surface area (Å²) in [5.74, 6) is 4.49. The van der Waals surface area contributed by atoms with Gasteiger partial charge in [0.15, 0.2) is 5.03 Å². The molecular weight excluding hydrogens is 378 g/mol. The molecule has 0 fully saturated rings. The van der Waals surface area contributed by atoms with Crippen LogP contribution in [0, 0.1) is 0 Å². The number of anilines is 1. The average Bonchev–Trinajstić information content (AvgIpc) is 3.06. The minimum Gasteiger partial charge on any atom is -0.339 e. The zero-order chi connectivity index (χ0) is 19.1. The summed E-state index contributed by atoms with van der Waals surface area (Å²) < 4.78 is 28.8. The van der Waals surface area contributed by atoms with Crippen molar-refractivity contribution in [3.8, 4) is 0 Å². The Morgan fingerprint density at radius 1 is 1.38 bits per heavy atom. The molecular formula is C15H17N5O4S2. The van der Waals surface area contributed by atoms with Gasteiger partial charge in [0.05, 0.1) is 23.8 Å². The van der Waals surface area contributed by atoms with Gasteiger partial charge in [-0.3, -0.25) is 19.3 Å². The number of hydrogen-bond acceptors (Lipinski definition) is 7. The summed E-state index contributed by atoms with van der Waals surface area (Å²) in [6.45, 7) is 1.38. The maximum atomic E-state index is 13.1. The van der Waals surface area contributed by atoms with E-state index in [1.165, 1.54) is 47.9 Å². The van der Waals surface area contributed by atoms with E-state index in [2.05, 4.69) is 4.98 Å². The molecule has 2 aromatic rings. The van der Waals surface area contributed by atoms with Crippen LogP contribution < -0.4 is 15.6 Å². The highest BCUT2D eigenvalue weighted by Crippen LogP contribution is 2.41. The molecule has 0 bridgehead atoms. The molecule has 1 aliphatic rings. The van der Waals surface area contributed by atoms with E-state index in [0.717, 1.165) is 4.31 Å². The lowest BCUT2D eigenvalue weighted by atomic mass is 10.1. The van der Waals surface area contributed by atoms with Crippen molar-refractivity contribution in [2.45, 2.75) is 22.1 Å². The Bertz CT molecular complexity index is 986. The van der Waals surface area contributed by atoms with Gasteiger partial charge in [-0.15, -0.1) is 11.8 Å². The highest BCUT2D eigenvalue weighted by atomic mass is 32.2. The number of nitrogens with one attached hydrogen (secondary N) is 1. The van der Waals surface area contributed by atoms with Crippen LogP contribution in [0.25, 0.3) is 0 Å². The van der Waals surface area contributed by atoms with Gasteiger partial charge in [-0.25, -0.2) is 10.8 Å². The molecule has 1 amide bonds. The third-order valence-corrected chi connectivity index (χ3v) is 6.94. The van der Waals surface area contributed by atoms with Crippen LogP contribution in [0.5, 0.6) is 0 Å². The van der Waals surface area contributed by atoms with Gasteiger partial charge in [0, 0.05) is 23.7 Å². The van der Waals surface area contributed by atoms with Gasteiger partial charge in [0.25, 0.3) is 15.9 Å². The van der Waals surface area contributed by atoms with Gasteiger partial charge in [0.2, 0.25) is 0 Å². The van der Waals surface area contributed by atoms with Gasteiger partial charge in [-0.1, -0.05) is 0 Å². The Labute approximate surface area is 154 Å². The van der Waals surface area contributed by atoms with E-state index in [0.29, 0.717) is 10.6 Å². The molecule has 3 N–H and O–H groups in total. The number of carbonyl (C=O) groups is 2. The monoisotopic (exact) mass is 395 g/mol. The third-order valence-electron chi connectivity index (χ3n) is 3.91. The van der Waals surface area contributed by atoms with Crippen molar-refractivity contribution < 1.29 is 18.0 Å². The van der Waals surface area contributed by atoms with Gasteiger partial charge in [-0.2, -0.15) is 8.42 Å². The standard InChI is InChI=1S/C15H17N5O4S2/c1-9(21)13-6-20(26(23,24)14-7-19(2)8-17-14)11-5-10(15(22)18-16)3-4-12(11)25-13/h3-5,7-8,13H,6,16H2,1-2H3,(H,18,22). The number of ketones is 1. The molecule has 1 atom stereocenters. The van der Waals surface area contributed by atoms with E-state index in [1.807, 2.05) is 5.43 Å². The van der Waals surface area contributed by atoms with E-state index in [-0.39, 0.29) is 22.9 Å². The number of amides is 1. The van der Waals surface area contributed by atoms with Crippen LogP contribution in [0.2, 0.25) is 0 Å². The molecule has 1 aromatic carbocycles. The summed E-state index contributed by atoms with van der Waals surface area (Å²) in [6.07, 6.45) is 2.77. The van der Waals surface area contributed by atoms with Gasteiger partial charge in [0.1, 0.15) is 5.78 Å². The summed E-state index contributed by atoms with van der Waals surface area (Å²) in [5, 5.41) is -0.677. The predicted molar refractivity (Wildman–Crippen MR) is 96.2 cm³/mol. The second kappa shape index (κ2) is 6.74. The largest absolute Gasteiger partial charge is 0.339 e. The summed E-state index contributed by atoms with van der Waals surface area (Å²) >= 11 is 1.27. The Morgan fingerprint density at radius 3 is 2.69 bits per heavy atom. The fraction of sp³-hybridized carbons (Fsp3) is 0.267. The molecule has 11 heteroatoms. The number of nitrogens with two attached hydrogens (primary N) is 1. The first-order valence-electron chi connectivity index (χ1n) is 7.57. The summed E-state index contributed by atoms with van der Waals surface area (Å²) in [7, 11) is -2.34. The van der Waals surface area contributed by atoms with E-state index in [4.69, 9.17) is 5.84 Å². The van der Waals surface area contributed by atoms with Crippen molar-refractivity contribution >= 4 is 39.2 Å². The topological polar surface area (TPSA) is 127 Å². The number of hydrogen-bond donors (Lipinski definition) is 2. The molecule has 3 rings (SSSR count). The molecule has 0 aliphatic carbocycles. The van der Waals surface area contributed by atoms with Gasteiger partial charge < -0.3 is 4.57 Å². The number of fused-ring (bicyclic) bond motifs is 1. The van der Waals surface area contributed by atoms with Crippen LogP contribution >= 0.6 is 11.8 Å². The number of thioether (sulfide) groups is 1. The number of aromatic nitrogens is 2. The van der Waals surface area contributed by atoms with Gasteiger partial charge in [-0.05, 0) is 25.1 Å². The molecule has 138 valence electrons. The van der Waals surface area contributed by atoms with E-state index in [9.17, 15) is 18.0 Å². The van der Waals surface area contributed by atoms with E-state index >= 15 is 0 Å². The SMILES string of the molecule is CC(=O)C1CN(S(=O)(=O)c2cn(C)cn2)c2cc(C(=O)NN)ccc2S1. The van der Waals surface area contributed by atoms with Crippen molar-refractivity contribution in [3.63, 3.8) is 0 Å². The molecule has 0 saturated heterocycles. The van der Waals surface area contributed by atoms with Crippen LogP contribution in [0.4, 0.5) is 5.69 Å². The highest BCUT2D eigenvalue weighted by Gasteiger charge is 2.37. The van der Waals surface area contributed by atoms with Crippen LogP contribution in [-0.2, 0) is 21.9 Å². The lowest BCUT2D eigenvalue weighted by Gasteiger charge is -2.33. The maximum Gasteiger partial charge on any atom is 0.283 e. The maximum absolute atomic E-state index is 13.1. The first-order valence-corrected chi connectivity index (χ1v) is 9.89. The minimum absolute atomic E-state index is 0.0421. The van der Waals surface area contributed by atoms with E-state index in [1.54, 1.807) is 13.1 Å². The first-order chi connectivity index (χ1) is 12.2. The lowest BCUT2D eigenvalue weighted by Crippen LogP contribution is -2.42. The van der Waals surface area contributed by atoms with Crippen LogP contribution in [0.1, 0.15) is 17.3 Å². The minimum atomic E-state index is -4.00. The number of nitrogens with zero attached hydrogens (tertiary/aromatic N) is 3. The molecule has 2 heterocycles. The highest BCUT2D eigenvalue weighted by molar-refractivity contribution is 8.01. The van der Waals surface area contributed by atoms with Crippen molar-refractivity contribution in [1.29, 1.82) is 0 Å². The van der Waals surface area contributed by atoms with Crippen molar-refractivity contribution in [2.24, 2.45) is 12.9 Å². The quantitative estimate of drug-likeness (QED) is 0.432. The summed E-state index contributed by atoms with van der Waals surface area (Å²) in [4.78, 5) is 28.2. The number of sulfonamides is 1. The number of imidazole rings is 1. The molecule has 1 aromatic heterocycles. The van der Waals surface area contributed by atoms with Crippen LogP contribution in [0.15, 0.2) is 40.6 Å².